The van der Waals surface area contributed by atoms with Crippen LogP contribution in [0.25, 0.3) is 11.1 Å². The largest absolute Gasteiger partial charge is 0.379 e. The Morgan fingerprint density at radius 3 is 2.24 bits per heavy atom. The van der Waals surface area contributed by atoms with Gasteiger partial charge >= 0.3 is 0 Å². The maximum atomic E-state index is 12.9. The summed E-state index contributed by atoms with van der Waals surface area (Å²) in [6.07, 6.45) is 0. The summed E-state index contributed by atoms with van der Waals surface area (Å²) in [6, 6.07) is 23.9. The molecule has 1 heterocycles. The van der Waals surface area contributed by atoms with E-state index >= 15 is 0 Å². The Morgan fingerprint density at radius 2 is 1.55 bits per heavy atom. The fourth-order valence-electron chi connectivity index (χ4n) is 3.53. The zero-order valence-corrected chi connectivity index (χ0v) is 19.1. The van der Waals surface area contributed by atoms with Crippen LogP contribution in [0.2, 0.25) is 0 Å². The summed E-state index contributed by atoms with van der Waals surface area (Å²) in [6.45, 7) is 3.12. The molecule has 0 aromatic heterocycles. The molecule has 3 aromatic rings. The van der Waals surface area contributed by atoms with Gasteiger partial charge in [0.2, 0.25) is 10.0 Å². The average molecular weight is 464 g/mol. The maximum absolute atomic E-state index is 12.9. The first-order chi connectivity index (χ1) is 15.9. The molecule has 1 aliphatic rings. The Hall–Kier alpha value is -3.33. The van der Waals surface area contributed by atoms with Crippen LogP contribution in [0, 0.1) is 0 Å². The quantitative estimate of drug-likeness (QED) is 0.448. The van der Waals surface area contributed by atoms with Crippen LogP contribution in [0.15, 0.2) is 88.9 Å². The highest BCUT2D eigenvalue weighted by Crippen LogP contribution is 2.20. The lowest BCUT2D eigenvalue weighted by molar-refractivity contribution is 0.0730. The van der Waals surface area contributed by atoms with Gasteiger partial charge in [0.15, 0.2) is 0 Å². The molecule has 1 N–H and O–H groups in total. The van der Waals surface area contributed by atoms with E-state index in [1.807, 2.05) is 54.6 Å². The van der Waals surface area contributed by atoms with Crippen LogP contribution in [0.4, 0.5) is 0 Å². The van der Waals surface area contributed by atoms with Crippen molar-refractivity contribution in [1.29, 1.82) is 0 Å². The van der Waals surface area contributed by atoms with E-state index in [4.69, 9.17) is 4.74 Å². The van der Waals surface area contributed by atoms with E-state index in [-0.39, 0.29) is 10.5 Å². The smallest absolute Gasteiger partial charge is 0.271 e. The first-order valence-electron chi connectivity index (χ1n) is 10.6. The molecule has 0 bridgehead atoms. The summed E-state index contributed by atoms with van der Waals surface area (Å²) >= 11 is 0. The molecule has 8 heteroatoms. The van der Waals surface area contributed by atoms with Gasteiger partial charge in [0.1, 0.15) is 0 Å². The molecule has 0 saturated carbocycles. The number of ether oxygens (including phenoxy) is 1. The molecule has 0 unspecified atom stereocenters. The highest BCUT2D eigenvalue weighted by atomic mass is 32.2. The molecular formula is C25H25N3O4S. The van der Waals surface area contributed by atoms with Crippen LogP contribution in [-0.4, -0.2) is 50.6 Å². The number of carbonyl (C=O) groups excluding carboxylic acids is 1. The highest BCUT2D eigenvalue weighted by molar-refractivity contribution is 7.89. The number of nitrogens with one attached hydrogen (secondary N) is 1. The van der Waals surface area contributed by atoms with Crippen LogP contribution in [-0.2, 0) is 14.8 Å². The normalized spacial score (nSPS) is 15.2. The van der Waals surface area contributed by atoms with Gasteiger partial charge in [-0.3, -0.25) is 4.79 Å². The topological polar surface area (TPSA) is 88.1 Å². The van der Waals surface area contributed by atoms with Crippen LogP contribution in [0.1, 0.15) is 22.8 Å². The van der Waals surface area contributed by atoms with Crippen molar-refractivity contribution >= 4 is 21.6 Å². The molecule has 1 amide bonds. The number of benzene rings is 3. The van der Waals surface area contributed by atoms with Gasteiger partial charge < -0.3 is 4.74 Å². The zero-order chi connectivity index (χ0) is 23.3. The third kappa shape index (κ3) is 5.36. The molecule has 0 radical (unpaired) electrons. The molecule has 1 saturated heterocycles. The Morgan fingerprint density at radius 1 is 0.879 bits per heavy atom. The Labute approximate surface area is 193 Å². The molecule has 0 aliphatic carbocycles. The van der Waals surface area contributed by atoms with Crippen molar-refractivity contribution in [2.45, 2.75) is 11.8 Å². The molecule has 0 atom stereocenters. The van der Waals surface area contributed by atoms with Crippen molar-refractivity contribution in [2.75, 3.05) is 26.3 Å². The minimum absolute atomic E-state index is 0.0780. The number of nitrogens with zero attached hydrogens (tertiary/aromatic N) is 2. The number of hydrogen-bond acceptors (Lipinski definition) is 5. The third-order valence-electron chi connectivity index (χ3n) is 5.44. The van der Waals surface area contributed by atoms with E-state index in [9.17, 15) is 13.2 Å². The molecule has 7 nitrogen and oxygen atoms in total. The number of carbonyl (C=O) groups is 1. The number of hydrazone groups is 1. The van der Waals surface area contributed by atoms with Crippen molar-refractivity contribution in [1.82, 2.24) is 9.73 Å². The molecule has 170 valence electrons. The third-order valence-corrected chi connectivity index (χ3v) is 7.33. The van der Waals surface area contributed by atoms with Gasteiger partial charge in [-0.15, -0.1) is 0 Å². The molecule has 0 spiro atoms. The second-order valence-corrected chi connectivity index (χ2v) is 9.56. The summed E-state index contributed by atoms with van der Waals surface area (Å²) in [4.78, 5) is 12.7. The SMILES string of the molecule is CC(=NNC(=O)c1cccc(S(=O)(=O)N2CCOCC2)c1)c1ccc(-c2ccccc2)cc1. The van der Waals surface area contributed by atoms with Crippen LogP contribution < -0.4 is 5.43 Å². The minimum atomic E-state index is -3.68. The Balaban J connectivity index is 1.45. The predicted molar refractivity (Wildman–Crippen MR) is 128 cm³/mol. The van der Waals surface area contributed by atoms with Gasteiger partial charge in [-0.25, -0.2) is 13.8 Å². The van der Waals surface area contributed by atoms with E-state index in [0.717, 1.165) is 16.7 Å². The monoisotopic (exact) mass is 463 g/mol. The van der Waals surface area contributed by atoms with Crippen molar-refractivity contribution in [2.24, 2.45) is 5.10 Å². The first kappa shape index (κ1) is 22.8. The Bertz CT molecular complexity index is 1250. The standard InChI is InChI=1S/C25H25N3O4S/c1-19(20-10-12-22(13-11-20)21-6-3-2-4-7-21)26-27-25(29)23-8-5-9-24(18-23)33(30,31)28-14-16-32-17-15-28/h2-13,18H,14-17H2,1H3,(H,27,29). The number of amides is 1. The van der Waals surface area contributed by atoms with Crippen LogP contribution in [0.5, 0.6) is 0 Å². The fourth-order valence-corrected chi connectivity index (χ4v) is 4.99. The second-order valence-electron chi connectivity index (χ2n) is 7.63. The highest BCUT2D eigenvalue weighted by Gasteiger charge is 2.26. The lowest BCUT2D eigenvalue weighted by Crippen LogP contribution is -2.40. The molecule has 1 fully saturated rings. The Kier molecular flexibility index (Phi) is 6.98. The molecule has 33 heavy (non-hydrogen) atoms. The van der Waals surface area contributed by atoms with Crippen LogP contribution in [0.3, 0.4) is 0 Å². The summed E-state index contributed by atoms with van der Waals surface area (Å²) in [7, 11) is -3.68. The lowest BCUT2D eigenvalue weighted by atomic mass is 10.0. The molecule has 1 aliphatic heterocycles. The van der Waals surface area contributed by atoms with Gasteiger partial charge in [0.25, 0.3) is 5.91 Å². The van der Waals surface area contributed by atoms with Crippen LogP contribution >= 0.6 is 0 Å². The zero-order valence-electron chi connectivity index (χ0n) is 18.3. The summed E-state index contributed by atoms with van der Waals surface area (Å²) < 4.78 is 32.3. The lowest BCUT2D eigenvalue weighted by Gasteiger charge is -2.26. The van der Waals surface area contributed by atoms with E-state index in [0.29, 0.717) is 32.0 Å². The first-order valence-corrected chi connectivity index (χ1v) is 12.1. The van der Waals surface area contributed by atoms with Crippen molar-refractivity contribution in [3.8, 4) is 11.1 Å². The predicted octanol–water partition coefficient (Wildman–Crippen LogP) is 3.53. The van der Waals surface area contributed by atoms with Gasteiger partial charge in [0.05, 0.1) is 23.8 Å². The number of rotatable bonds is 6. The number of sulfonamides is 1. The summed E-state index contributed by atoms with van der Waals surface area (Å²) in [5.41, 5.74) is 6.47. The average Bonchev–Trinajstić information content (AvgIpc) is 2.88. The van der Waals surface area contributed by atoms with E-state index < -0.39 is 15.9 Å². The van der Waals surface area contributed by atoms with E-state index in [1.54, 1.807) is 19.1 Å². The minimum Gasteiger partial charge on any atom is -0.379 e. The van der Waals surface area contributed by atoms with Crippen molar-refractivity contribution in [3.63, 3.8) is 0 Å². The fraction of sp³-hybridized carbons (Fsp3) is 0.200. The van der Waals surface area contributed by atoms with Gasteiger partial charge in [-0.05, 0) is 41.8 Å². The van der Waals surface area contributed by atoms with E-state index in [1.165, 1.54) is 16.4 Å². The number of hydrogen-bond donors (Lipinski definition) is 1. The van der Waals surface area contributed by atoms with Gasteiger partial charge in [-0.1, -0.05) is 60.7 Å². The van der Waals surface area contributed by atoms with Crippen molar-refractivity contribution < 1.29 is 17.9 Å². The van der Waals surface area contributed by atoms with E-state index in [2.05, 4.69) is 10.5 Å². The molecular weight excluding hydrogens is 438 g/mol. The summed E-state index contributed by atoms with van der Waals surface area (Å²) in [5.74, 6) is -0.478. The molecule has 4 rings (SSSR count). The van der Waals surface area contributed by atoms with Gasteiger partial charge in [-0.2, -0.15) is 9.41 Å². The summed E-state index contributed by atoms with van der Waals surface area (Å²) in [5, 5.41) is 4.20. The second kappa shape index (κ2) is 10.1. The van der Waals surface area contributed by atoms with Gasteiger partial charge in [0, 0.05) is 18.7 Å². The maximum Gasteiger partial charge on any atom is 0.271 e. The molecule has 3 aromatic carbocycles. The number of morpholine rings is 1. The van der Waals surface area contributed by atoms with Crippen molar-refractivity contribution in [3.05, 3.63) is 90.0 Å².